The minimum atomic E-state index is 0.226. The number of nitrogens with zero attached hydrogens (tertiary/aromatic N) is 3. The first kappa shape index (κ1) is 18.7. The fourth-order valence-corrected chi connectivity index (χ4v) is 6.33. The number of benzene rings is 2. The van der Waals surface area contributed by atoms with Gasteiger partial charge in [0.25, 0.3) is 0 Å². The van der Waals surface area contributed by atoms with E-state index in [2.05, 4.69) is 57.8 Å². The lowest BCUT2D eigenvalue weighted by molar-refractivity contribution is 0.0342. The molecule has 3 aliphatic heterocycles. The average Bonchev–Trinajstić information content (AvgIpc) is 3.52. The molecule has 1 saturated heterocycles. The van der Waals surface area contributed by atoms with Crippen molar-refractivity contribution in [2.45, 2.75) is 18.3 Å². The van der Waals surface area contributed by atoms with E-state index in [-0.39, 0.29) is 5.37 Å². The zero-order chi connectivity index (χ0) is 19.9. The molecule has 0 bridgehead atoms. The van der Waals surface area contributed by atoms with Crippen LogP contribution in [0.1, 0.15) is 22.1 Å². The summed E-state index contributed by atoms with van der Waals surface area (Å²) in [5.74, 6) is 1.04. The van der Waals surface area contributed by atoms with E-state index < -0.39 is 0 Å². The van der Waals surface area contributed by atoms with Gasteiger partial charge in [-0.25, -0.2) is 4.98 Å². The zero-order valence-corrected chi connectivity index (χ0v) is 18.3. The first-order valence-corrected chi connectivity index (χ1v) is 12.2. The smallest absolute Gasteiger partial charge is 0.191 e. The third kappa shape index (κ3) is 3.50. The molecular weight excluding hydrogens is 414 g/mol. The van der Waals surface area contributed by atoms with Gasteiger partial charge in [-0.1, -0.05) is 23.5 Å². The van der Waals surface area contributed by atoms with E-state index in [4.69, 9.17) is 14.5 Å². The van der Waals surface area contributed by atoms with Crippen LogP contribution in [0.4, 0.5) is 5.13 Å². The Kier molecular flexibility index (Phi) is 4.91. The number of hydrogen-bond acceptors (Lipinski definition) is 7. The second kappa shape index (κ2) is 7.89. The largest absolute Gasteiger partial charge is 0.493 e. The number of thiazole rings is 1. The Morgan fingerprint density at radius 1 is 1.07 bits per heavy atom. The van der Waals surface area contributed by atoms with Crippen molar-refractivity contribution < 1.29 is 9.47 Å². The van der Waals surface area contributed by atoms with Crippen LogP contribution in [0.15, 0.2) is 48.0 Å². The fraction of sp³-hybridized carbons (Fsp3) is 0.348. The summed E-state index contributed by atoms with van der Waals surface area (Å²) in [7, 11) is 0. The van der Waals surface area contributed by atoms with Crippen LogP contribution in [0, 0.1) is 0 Å². The zero-order valence-electron chi connectivity index (χ0n) is 16.6. The SMILES string of the molecule is C1=CN(c2nc3ccc(CN4CCOCC4)cc3s2)C(c2ccc3c(c2)CCO3)S1. The highest BCUT2D eigenvalue weighted by molar-refractivity contribution is 8.02. The Morgan fingerprint density at radius 3 is 2.93 bits per heavy atom. The van der Waals surface area contributed by atoms with Gasteiger partial charge < -0.3 is 14.4 Å². The quantitative estimate of drug-likeness (QED) is 0.584. The van der Waals surface area contributed by atoms with E-state index >= 15 is 0 Å². The van der Waals surface area contributed by atoms with E-state index in [0.717, 1.165) is 62.3 Å². The lowest BCUT2D eigenvalue weighted by atomic mass is 10.1. The van der Waals surface area contributed by atoms with E-state index in [0.29, 0.717) is 0 Å². The maximum absolute atomic E-state index is 5.68. The lowest BCUT2D eigenvalue weighted by Crippen LogP contribution is -2.35. The highest BCUT2D eigenvalue weighted by atomic mass is 32.2. The highest BCUT2D eigenvalue weighted by Crippen LogP contribution is 2.45. The van der Waals surface area contributed by atoms with E-state index in [9.17, 15) is 0 Å². The summed E-state index contributed by atoms with van der Waals surface area (Å²) in [4.78, 5) is 9.71. The summed E-state index contributed by atoms with van der Waals surface area (Å²) in [6.07, 6.45) is 3.16. The minimum absolute atomic E-state index is 0.226. The molecule has 154 valence electrons. The van der Waals surface area contributed by atoms with Gasteiger partial charge in [0.1, 0.15) is 11.1 Å². The van der Waals surface area contributed by atoms with Crippen LogP contribution < -0.4 is 9.64 Å². The van der Waals surface area contributed by atoms with Gasteiger partial charge in [-0.2, -0.15) is 0 Å². The van der Waals surface area contributed by atoms with Crippen LogP contribution in [0.25, 0.3) is 10.2 Å². The molecule has 0 radical (unpaired) electrons. The number of ether oxygens (including phenoxy) is 2. The van der Waals surface area contributed by atoms with Crippen LogP contribution >= 0.6 is 23.1 Å². The van der Waals surface area contributed by atoms with Gasteiger partial charge in [0.2, 0.25) is 0 Å². The van der Waals surface area contributed by atoms with Crippen LogP contribution in [0.3, 0.4) is 0 Å². The molecule has 0 spiro atoms. The molecule has 7 heteroatoms. The van der Waals surface area contributed by atoms with Gasteiger partial charge in [-0.15, -0.1) is 11.8 Å². The van der Waals surface area contributed by atoms with Crippen molar-refractivity contribution in [3.63, 3.8) is 0 Å². The molecule has 30 heavy (non-hydrogen) atoms. The first-order valence-electron chi connectivity index (χ1n) is 10.4. The standard InChI is InChI=1S/C23H23N3O2S2/c1-3-19-21(13-16(1)15-25-6-10-27-11-7-25)30-23(24-19)26-8-12-29-22(26)18-2-4-20-17(14-18)5-9-28-20/h1-4,8,12-14,22H,5-7,9-11,15H2. The monoisotopic (exact) mass is 437 g/mol. The Balaban J connectivity index is 1.26. The fourth-order valence-electron chi connectivity index (χ4n) is 4.27. The second-order valence-corrected chi connectivity index (χ2v) is 9.83. The molecule has 4 heterocycles. The Labute approximate surface area is 184 Å². The third-order valence-corrected chi connectivity index (χ3v) is 7.92. The highest BCUT2D eigenvalue weighted by Gasteiger charge is 2.27. The Bertz CT molecular complexity index is 1110. The average molecular weight is 438 g/mol. The first-order chi connectivity index (χ1) is 14.8. The van der Waals surface area contributed by atoms with Gasteiger partial charge in [0, 0.05) is 32.3 Å². The molecule has 0 N–H and O–H groups in total. The number of anilines is 1. The van der Waals surface area contributed by atoms with Crippen molar-refractivity contribution in [1.82, 2.24) is 9.88 Å². The molecule has 1 atom stereocenters. The molecule has 0 saturated carbocycles. The molecule has 0 amide bonds. The molecule has 2 aromatic carbocycles. The van der Waals surface area contributed by atoms with Crippen molar-refractivity contribution in [3.05, 3.63) is 64.7 Å². The maximum Gasteiger partial charge on any atom is 0.191 e. The summed E-state index contributed by atoms with van der Waals surface area (Å²) < 4.78 is 12.4. The number of thioether (sulfide) groups is 1. The number of morpholine rings is 1. The third-order valence-electron chi connectivity index (χ3n) is 5.85. The summed E-state index contributed by atoms with van der Waals surface area (Å²) in [6, 6.07) is 13.3. The van der Waals surface area contributed by atoms with Crippen LogP contribution in [0.2, 0.25) is 0 Å². The van der Waals surface area contributed by atoms with Crippen LogP contribution in [0.5, 0.6) is 5.75 Å². The predicted molar refractivity (Wildman–Crippen MR) is 123 cm³/mol. The van der Waals surface area contributed by atoms with Crippen LogP contribution in [-0.4, -0.2) is 42.8 Å². The van der Waals surface area contributed by atoms with Gasteiger partial charge in [0.05, 0.1) is 30.0 Å². The van der Waals surface area contributed by atoms with Crippen molar-refractivity contribution >= 4 is 38.4 Å². The number of fused-ring (bicyclic) bond motifs is 2. The predicted octanol–water partition coefficient (Wildman–Crippen LogP) is 4.79. The number of rotatable bonds is 4. The Hall–Kier alpha value is -2.06. The number of aromatic nitrogens is 1. The molecule has 1 unspecified atom stereocenters. The molecule has 5 nitrogen and oxygen atoms in total. The molecular formula is C23H23N3O2S2. The topological polar surface area (TPSA) is 37.8 Å². The lowest BCUT2D eigenvalue weighted by Gasteiger charge is -2.26. The van der Waals surface area contributed by atoms with Crippen molar-refractivity contribution in [2.24, 2.45) is 0 Å². The number of hydrogen-bond donors (Lipinski definition) is 0. The van der Waals surface area contributed by atoms with E-state index in [1.807, 2.05) is 11.8 Å². The summed E-state index contributed by atoms with van der Waals surface area (Å²) in [5.41, 5.74) is 5.05. The van der Waals surface area contributed by atoms with E-state index in [1.165, 1.54) is 21.4 Å². The molecule has 0 aliphatic carbocycles. The van der Waals surface area contributed by atoms with Crippen molar-refractivity contribution in [2.75, 3.05) is 37.8 Å². The minimum Gasteiger partial charge on any atom is -0.493 e. The normalized spacial score (nSPS) is 21.3. The van der Waals surface area contributed by atoms with Crippen LogP contribution in [-0.2, 0) is 17.7 Å². The summed E-state index contributed by atoms with van der Waals surface area (Å²) in [6.45, 7) is 5.46. The summed E-state index contributed by atoms with van der Waals surface area (Å²) >= 11 is 3.61. The molecule has 3 aromatic rings. The van der Waals surface area contributed by atoms with Gasteiger partial charge in [0.15, 0.2) is 5.13 Å². The summed E-state index contributed by atoms with van der Waals surface area (Å²) in [5, 5.41) is 3.45. The molecule has 1 fully saturated rings. The van der Waals surface area contributed by atoms with Crippen molar-refractivity contribution in [1.29, 1.82) is 0 Å². The molecule has 1 aromatic heterocycles. The molecule has 3 aliphatic rings. The Morgan fingerprint density at radius 2 is 2.00 bits per heavy atom. The van der Waals surface area contributed by atoms with Gasteiger partial charge >= 0.3 is 0 Å². The van der Waals surface area contributed by atoms with Gasteiger partial charge in [-0.3, -0.25) is 4.90 Å². The second-order valence-electron chi connectivity index (χ2n) is 7.83. The van der Waals surface area contributed by atoms with E-state index in [1.54, 1.807) is 11.3 Å². The maximum atomic E-state index is 5.68. The molecule has 6 rings (SSSR count). The van der Waals surface area contributed by atoms with Gasteiger partial charge in [-0.05, 0) is 46.4 Å². The van der Waals surface area contributed by atoms with Crippen molar-refractivity contribution in [3.8, 4) is 5.75 Å².